The third kappa shape index (κ3) is 5.11. The van der Waals surface area contributed by atoms with E-state index in [9.17, 15) is 0 Å². The van der Waals surface area contributed by atoms with Gasteiger partial charge in [0.2, 0.25) is 0 Å². The fourth-order valence-electron chi connectivity index (χ4n) is 3.89. The number of hydrogen-bond donors (Lipinski definition) is 0. The predicted octanol–water partition coefficient (Wildman–Crippen LogP) is -2.82. The van der Waals surface area contributed by atoms with Crippen molar-refractivity contribution in [2.45, 2.75) is 39.0 Å². The second-order valence-corrected chi connectivity index (χ2v) is 7.72. The van der Waals surface area contributed by atoms with E-state index in [4.69, 9.17) is 0 Å². The van der Waals surface area contributed by atoms with E-state index in [-0.39, 0.29) is 42.6 Å². The van der Waals surface area contributed by atoms with Crippen LogP contribution in [-0.2, 0) is 25.9 Å². The molecule has 2 aromatic rings. The van der Waals surface area contributed by atoms with Crippen LogP contribution in [0, 0.1) is 5.92 Å². The van der Waals surface area contributed by atoms with Gasteiger partial charge in [-0.2, -0.15) is 0 Å². The standard InChI is InChI=1S/C23H25.3ClH.Ti/c1-4-18(2)21-16-11-17-22(21)23(3,19-12-7-5-8-13-19)20-14-9-6-10-15-20;;;;/h5-15,18H,4,17H2,1-3H3;3*1H;/q;;;;+3/p-3. The average Bonchev–Trinajstić information content (AvgIpc) is 3.04. The molecule has 0 amide bonds. The molecule has 0 saturated carbocycles. The second-order valence-electron chi connectivity index (χ2n) is 6.88. The van der Waals surface area contributed by atoms with E-state index >= 15 is 0 Å². The van der Waals surface area contributed by atoms with Gasteiger partial charge in [-0.25, -0.2) is 0 Å². The van der Waals surface area contributed by atoms with Crippen LogP contribution in [0.25, 0.3) is 0 Å². The molecule has 0 bridgehead atoms. The molecule has 1 atom stereocenters. The van der Waals surface area contributed by atoms with Crippen LogP contribution >= 0.6 is 0 Å². The summed E-state index contributed by atoms with van der Waals surface area (Å²) in [5.41, 5.74) is 5.85. The molecule has 0 saturated heterocycles. The zero-order chi connectivity index (χ0) is 17.2. The maximum absolute atomic E-state index is 2.42. The first kappa shape index (κ1) is 26.5. The fourth-order valence-corrected chi connectivity index (χ4v) is 4.66. The predicted molar refractivity (Wildman–Crippen MR) is 98.5 cm³/mol. The van der Waals surface area contributed by atoms with Gasteiger partial charge in [0, 0.05) is 0 Å². The summed E-state index contributed by atoms with van der Waals surface area (Å²) in [6.07, 6.45) is 4.66. The van der Waals surface area contributed by atoms with E-state index in [0.717, 1.165) is 6.42 Å². The van der Waals surface area contributed by atoms with Crippen LogP contribution in [0.5, 0.6) is 0 Å². The van der Waals surface area contributed by atoms with Crippen molar-refractivity contribution in [1.82, 2.24) is 0 Å². The van der Waals surface area contributed by atoms with Gasteiger partial charge in [0.25, 0.3) is 0 Å². The third-order valence-electron chi connectivity index (χ3n) is 5.54. The zero-order valence-electron chi connectivity index (χ0n) is 16.0. The van der Waals surface area contributed by atoms with Crippen molar-refractivity contribution in [2.75, 3.05) is 0 Å². The van der Waals surface area contributed by atoms with Gasteiger partial charge in [-0.3, -0.25) is 0 Å². The van der Waals surface area contributed by atoms with Gasteiger partial charge in [0.1, 0.15) is 0 Å². The summed E-state index contributed by atoms with van der Waals surface area (Å²) in [7, 11) is 0. The van der Waals surface area contributed by atoms with Gasteiger partial charge in [-0.1, -0.05) is 0 Å². The largest absolute Gasteiger partial charge is 1.00 e. The summed E-state index contributed by atoms with van der Waals surface area (Å²) < 4.78 is 1.47. The van der Waals surface area contributed by atoms with Crippen molar-refractivity contribution in [3.63, 3.8) is 0 Å². The maximum Gasteiger partial charge on any atom is -1.00 e. The van der Waals surface area contributed by atoms with E-state index in [1.54, 1.807) is 11.1 Å². The van der Waals surface area contributed by atoms with Crippen LogP contribution < -0.4 is 37.2 Å². The van der Waals surface area contributed by atoms with Crippen molar-refractivity contribution in [1.29, 1.82) is 0 Å². The normalized spacial score (nSPS) is 14.5. The van der Waals surface area contributed by atoms with Crippen LogP contribution in [0.4, 0.5) is 0 Å². The van der Waals surface area contributed by atoms with Gasteiger partial charge in [-0.15, -0.1) is 0 Å². The number of halogens is 3. The van der Waals surface area contributed by atoms with Crippen molar-refractivity contribution < 1.29 is 57.7 Å². The van der Waals surface area contributed by atoms with Gasteiger partial charge >= 0.3 is 158 Å². The SMILES string of the molecule is CCC(C)C1=C(C(C)(c2ccccc2)c2ccccc2)CC=[C]1[Ti+3].[Cl-].[Cl-].[Cl-]. The summed E-state index contributed by atoms with van der Waals surface area (Å²) in [5.74, 6) is 0.602. The Bertz CT molecular complexity index is 727. The molecular formula is C23H25Cl3Ti. The molecule has 0 N–H and O–H groups in total. The molecule has 1 aliphatic carbocycles. The molecule has 27 heavy (non-hydrogen) atoms. The molecule has 2 aromatic carbocycles. The summed E-state index contributed by atoms with van der Waals surface area (Å²) in [6, 6.07) is 22.0. The van der Waals surface area contributed by atoms with E-state index in [2.05, 4.69) is 108 Å². The van der Waals surface area contributed by atoms with Gasteiger partial charge in [0.05, 0.1) is 0 Å². The van der Waals surface area contributed by atoms with Crippen LogP contribution in [0.2, 0.25) is 0 Å². The maximum atomic E-state index is 2.42. The third-order valence-corrected chi connectivity index (χ3v) is 6.28. The fraction of sp³-hybridized carbons (Fsp3) is 0.304. The van der Waals surface area contributed by atoms with Crippen LogP contribution in [0.15, 0.2) is 81.8 Å². The van der Waals surface area contributed by atoms with E-state index < -0.39 is 0 Å². The second kappa shape index (κ2) is 11.5. The van der Waals surface area contributed by atoms with Crippen LogP contribution in [-0.4, -0.2) is 0 Å². The molecule has 0 radical (unpaired) electrons. The Hall–Kier alpha value is -0.496. The van der Waals surface area contributed by atoms with Gasteiger partial charge in [-0.05, 0) is 0 Å². The minimum atomic E-state index is -0.0739. The molecule has 0 aliphatic heterocycles. The Labute approximate surface area is 194 Å². The smallest absolute Gasteiger partial charge is 1.00 e. The Kier molecular flexibility index (Phi) is 11.3. The Morgan fingerprint density at radius 3 is 1.74 bits per heavy atom. The van der Waals surface area contributed by atoms with E-state index in [1.165, 1.54) is 21.4 Å². The Morgan fingerprint density at radius 2 is 1.33 bits per heavy atom. The first-order valence-electron chi connectivity index (χ1n) is 8.85. The topological polar surface area (TPSA) is 0 Å². The van der Waals surface area contributed by atoms with Crippen LogP contribution in [0.1, 0.15) is 44.7 Å². The minimum absolute atomic E-state index is 0. The van der Waals surface area contributed by atoms with E-state index in [1.807, 2.05) is 0 Å². The van der Waals surface area contributed by atoms with Gasteiger partial charge < -0.3 is 37.2 Å². The average molecular weight is 456 g/mol. The molecule has 1 aliphatic rings. The molecule has 3 rings (SSSR count). The van der Waals surface area contributed by atoms with Crippen molar-refractivity contribution >= 4 is 0 Å². The zero-order valence-corrected chi connectivity index (χ0v) is 19.8. The molecule has 1 unspecified atom stereocenters. The van der Waals surface area contributed by atoms with Crippen molar-refractivity contribution in [3.8, 4) is 0 Å². The molecule has 0 heterocycles. The van der Waals surface area contributed by atoms with Crippen molar-refractivity contribution in [3.05, 3.63) is 92.9 Å². The quantitative estimate of drug-likeness (QED) is 0.427. The monoisotopic (exact) mass is 454 g/mol. The van der Waals surface area contributed by atoms with E-state index in [0.29, 0.717) is 5.92 Å². The molecule has 142 valence electrons. The molecule has 0 aromatic heterocycles. The molecular weight excluding hydrogens is 430 g/mol. The molecule has 0 spiro atoms. The number of allylic oxidation sites excluding steroid dienone is 4. The summed E-state index contributed by atoms with van der Waals surface area (Å²) in [6.45, 7) is 7.07. The molecule has 0 nitrogen and oxygen atoms in total. The van der Waals surface area contributed by atoms with Gasteiger partial charge in [0.15, 0.2) is 0 Å². The van der Waals surface area contributed by atoms with Crippen molar-refractivity contribution in [2.24, 2.45) is 5.92 Å². The summed E-state index contributed by atoms with van der Waals surface area (Å²) >= 11 is 2.28. The summed E-state index contributed by atoms with van der Waals surface area (Å²) in [4.78, 5) is 0. The van der Waals surface area contributed by atoms with Crippen LogP contribution in [0.3, 0.4) is 0 Å². The first-order valence-corrected chi connectivity index (χ1v) is 9.63. The Morgan fingerprint density at radius 1 is 0.889 bits per heavy atom. The minimum Gasteiger partial charge on any atom is -1.00 e. The molecule has 0 fully saturated rings. The summed E-state index contributed by atoms with van der Waals surface area (Å²) in [5, 5.41) is 0. The number of benzene rings is 2. The Balaban J connectivity index is 0.00000225. The first-order chi connectivity index (χ1) is 11.6. The number of hydrogen-bond acceptors (Lipinski definition) is 0. The number of rotatable bonds is 5. The molecule has 4 heteroatoms.